The Labute approximate surface area is 156 Å². The van der Waals surface area contributed by atoms with E-state index in [1.165, 1.54) is 12.8 Å². The van der Waals surface area contributed by atoms with Crippen molar-refractivity contribution >= 4 is 21.4 Å². The van der Waals surface area contributed by atoms with E-state index in [-0.39, 0.29) is 4.90 Å². The Balaban J connectivity index is 1.77. The van der Waals surface area contributed by atoms with E-state index < -0.39 is 10.0 Å². The van der Waals surface area contributed by atoms with E-state index in [4.69, 9.17) is 0 Å². The second-order valence-electron chi connectivity index (χ2n) is 7.14. The Morgan fingerprint density at radius 3 is 2.31 bits per heavy atom. The maximum Gasteiger partial charge on any atom is 0.265 e. The summed E-state index contributed by atoms with van der Waals surface area (Å²) in [6.45, 7) is 10.5. The number of hydrogen-bond acceptors (Lipinski definition) is 4. The number of nitrogens with one attached hydrogen (secondary N) is 1. The summed E-state index contributed by atoms with van der Waals surface area (Å²) in [4.78, 5) is 2.63. The lowest BCUT2D eigenvalue weighted by Gasteiger charge is -2.32. The van der Waals surface area contributed by atoms with Gasteiger partial charge >= 0.3 is 0 Å². The van der Waals surface area contributed by atoms with Crippen molar-refractivity contribution in [3.8, 4) is 0 Å². The quantitative estimate of drug-likeness (QED) is 0.866. The van der Waals surface area contributed by atoms with Gasteiger partial charge in [0.25, 0.3) is 10.0 Å². The monoisotopic (exact) mass is 376 g/mol. The second-order valence-corrected chi connectivity index (χ2v) is 8.76. The fourth-order valence-corrected chi connectivity index (χ4v) is 5.06. The Morgan fingerprint density at radius 1 is 1.15 bits per heavy atom. The van der Waals surface area contributed by atoms with Gasteiger partial charge in [0.15, 0.2) is 0 Å². The van der Waals surface area contributed by atoms with Gasteiger partial charge in [0.2, 0.25) is 0 Å². The summed E-state index contributed by atoms with van der Waals surface area (Å²) in [6, 6.07) is 7.64. The summed E-state index contributed by atoms with van der Waals surface area (Å²) < 4.78 is 30.0. The van der Waals surface area contributed by atoms with Crippen molar-refractivity contribution in [2.45, 2.75) is 52.0 Å². The fraction of sp³-hybridized carbons (Fsp3) is 0.526. The molecule has 1 aliphatic heterocycles. The van der Waals surface area contributed by atoms with Gasteiger partial charge in [-0.3, -0.25) is 9.40 Å². The van der Waals surface area contributed by atoms with Gasteiger partial charge in [-0.2, -0.15) is 5.10 Å². The molecule has 1 aliphatic rings. The van der Waals surface area contributed by atoms with Crippen LogP contribution in [0.25, 0.3) is 0 Å². The van der Waals surface area contributed by atoms with Crippen LogP contribution in [0.4, 0.5) is 11.4 Å². The molecule has 1 N–H and O–H groups in total. The molecule has 26 heavy (non-hydrogen) atoms. The first kappa shape index (κ1) is 18.8. The van der Waals surface area contributed by atoms with Crippen LogP contribution in [0.15, 0.2) is 29.2 Å². The molecule has 2 aromatic rings. The van der Waals surface area contributed by atoms with Crippen molar-refractivity contribution in [2.75, 3.05) is 22.7 Å². The highest BCUT2D eigenvalue weighted by atomic mass is 32.2. The van der Waals surface area contributed by atoms with Gasteiger partial charge < -0.3 is 4.90 Å². The van der Waals surface area contributed by atoms with Gasteiger partial charge in [0.05, 0.1) is 11.4 Å². The number of anilines is 2. The lowest BCUT2D eigenvalue weighted by molar-refractivity contribution is 0.438. The number of aromatic nitrogens is 2. The molecule has 0 radical (unpaired) electrons. The molecule has 3 rings (SSSR count). The zero-order chi connectivity index (χ0) is 18.9. The zero-order valence-electron chi connectivity index (χ0n) is 16.0. The smallest absolute Gasteiger partial charge is 0.265 e. The Bertz CT molecular complexity index is 864. The lowest BCUT2D eigenvalue weighted by Crippen LogP contribution is -2.32. The third-order valence-corrected chi connectivity index (χ3v) is 6.78. The van der Waals surface area contributed by atoms with Crippen molar-refractivity contribution in [2.24, 2.45) is 5.92 Å². The minimum Gasteiger partial charge on any atom is -0.372 e. The topological polar surface area (TPSA) is 67.2 Å². The molecule has 1 saturated heterocycles. The van der Waals surface area contributed by atoms with Gasteiger partial charge in [-0.15, -0.1) is 0 Å². The highest BCUT2D eigenvalue weighted by Gasteiger charge is 2.24. The minimum absolute atomic E-state index is 0.272. The molecule has 0 unspecified atom stereocenters. The molecule has 7 heteroatoms. The highest BCUT2D eigenvalue weighted by Crippen LogP contribution is 2.26. The zero-order valence-corrected chi connectivity index (χ0v) is 16.8. The number of piperidine rings is 1. The summed E-state index contributed by atoms with van der Waals surface area (Å²) >= 11 is 0. The molecule has 1 aromatic heterocycles. The summed E-state index contributed by atoms with van der Waals surface area (Å²) in [5.41, 5.74) is 2.90. The van der Waals surface area contributed by atoms with Crippen LogP contribution in [-0.2, 0) is 16.6 Å². The third-order valence-electron chi connectivity index (χ3n) is 5.15. The number of rotatable bonds is 5. The number of nitrogens with zero attached hydrogens (tertiary/aromatic N) is 3. The normalized spacial score (nSPS) is 16.1. The third kappa shape index (κ3) is 3.72. The van der Waals surface area contributed by atoms with E-state index in [9.17, 15) is 8.42 Å². The van der Waals surface area contributed by atoms with Crippen LogP contribution in [0.5, 0.6) is 0 Å². The van der Waals surface area contributed by atoms with Gasteiger partial charge in [-0.05, 0) is 63.8 Å². The maximum atomic E-state index is 12.8. The number of sulfonamides is 1. The molecule has 1 aromatic carbocycles. The molecule has 2 heterocycles. The molecule has 0 aliphatic carbocycles. The highest BCUT2D eigenvalue weighted by molar-refractivity contribution is 7.92. The molecular weight excluding hydrogens is 348 g/mol. The van der Waals surface area contributed by atoms with E-state index in [0.29, 0.717) is 23.6 Å². The Hall–Kier alpha value is -2.02. The SMILES string of the molecule is CCn1nc(C)c(S(=O)(=O)Nc2ccc(N3CCC(C)CC3)cc2)c1C. The number of aryl methyl sites for hydroxylation is 2. The largest absolute Gasteiger partial charge is 0.372 e. The van der Waals surface area contributed by atoms with E-state index in [2.05, 4.69) is 21.6 Å². The van der Waals surface area contributed by atoms with Crippen LogP contribution in [0.2, 0.25) is 0 Å². The van der Waals surface area contributed by atoms with E-state index >= 15 is 0 Å². The first-order valence-corrected chi connectivity index (χ1v) is 10.7. The van der Waals surface area contributed by atoms with E-state index in [1.54, 1.807) is 18.5 Å². The first-order valence-electron chi connectivity index (χ1n) is 9.23. The number of benzene rings is 1. The molecule has 0 amide bonds. The number of hydrogen-bond donors (Lipinski definition) is 1. The summed E-state index contributed by atoms with van der Waals surface area (Å²) in [6.07, 6.45) is 2.41. The van der Waals surface area contributed by atoms with Gasteiger partial charge in [0.1, 0.15) is 4.90 Å². The minimum atomic E-state index is -3.66. The second kappa shape index (κ2) is 7.31. The van der Waals surface area contributed by atoms with Crippen molar-refractivity contribution in [1.29, 1.82) is 0 Å². The first-order chi connectivity index (χ1) is 12.3. The van der Waals surface area contributed by atoms with Crippen molar-refractivity contribution in [3.05, 3.63) is 35.7 Å². The molecule has 0 atom stereocenters. The Kier molecular flexibility index (Phi) is 5.27. The fourth-order valence-electron chi connectivity index (χ4n) is 3.59. The van der Waals surface area contributed by atoms with Crippen LogP contribution in [0, 0.1) is 19.8 Å². The molecule has 0 spiro atoms. The summed E-state index contributed by atoms with van der Waals surface area (Å²) in [5, 5.41) is 4.31. The molecular formula is C19H28N4O2S. The maximum absolute atomic E-state index is 12.8. The predicted molar refractivity (Wildman–Crippen MR) is 105 cm³/mol. The predicted octanol–water partition coefficient (Wildman–Crippen LogP) is 3.56. The van der Waals surface area contributed by atoms with Crippen molar-refractivity contribution in [3.63, 3.8) is 0 Å². The summed E-state index contributed by atoms with van der Waals surface area (Å²) in [7, 11) is -3.66. The van der Waals surface area contributed by atoms with E-state index in [0.717, 1.165) is 24.7 Å². The Morgan fingerprint density at radius 2 is 1.77 bits per heavy atom. The molecule has 0 bridgehead atoms. The average molecular weight is 377 g/mol. The van der Waals surface area contributed by atoms with Gasteiger partial charge in [-0.1, -0.05) is 6.92 Å². The van der Waals surface area contributed by atoms with E-state index in [1.807, 2.05) is 31.2 Å². The van der Waals surface area contributed by atoms with Crippen molar-refractivity contribution < 1.29 is 8.42 Å². The molecule has 1 fully saturated rings. The molecule has 6 nitrogen and oxygen atoms in total. The molecule has 142 valence electrons. The van der Waals surface area contributed by atoms with Gasteiger partial charge in [-0.25, -0.2) is 8.42 Å². The van der Waals surface area contributed by atoms with Crippen LogP contribution in [0.3, 0.4) is 0 Å². The van der Waals surface area contributed by atoms with Crippen LogP contribution >= 0.6 is 0 Å². The lowest BCUT2D eigenvalue weighted by atomic mass is 9.99. The van der Waals surface area contributed by atoms with Crippen LogP contribution < -0.4 is 9.62 Å². The summed E-state index contributed by atoms with van der Waals surface area (Å²) in [5.74, 6) is 0.785. The van der Waals surface area contributed by atoms with Crippen molar-refractivity contribution in [1.82, 2.24) is 9.78 Å². The standard InChI is InChI=1S/C19H28N4O2S/c1-5-23-16(4)19(15(3)20-23)26(24,25)21-17-6-8-18(9-7-17)22-12-10-14(2)11-13-22/h6-9,14,21H,5,10-13H2,1-4H3. The van der Waals surface area contributed by atoms with Crippen LogP contribution in [-0.4, -0.2) is 31.3 Å². The van der Waals surface area contributed by atoms with Gasteiger partial charge in [0, 0.05) is 31.0 Å². The van der Waals surface area contributed by atoms with Crippen LogP contribution in [0.1, 0.15) is 38.1 Å². The average Bonchev–Trinajstić information content (AvgIpc) is 2.90. The molecule has 0 saturated carbocycles.